The van der Waals surface area contributed by atoms with Crippen LogP contribution in [0.5, 0.6) is 0 Å². The van der Waals surface area contributed by atoms with E-state index in [0.29, 0.717) is 12.8 Å². The molecule has 1 rings (SSSR count). The molecular formula is C8H10O4. The Morgan fingerprint density at radius 3 is 2.25 bits per heavy atom. The summed E-state index contributed by atoms with van der Waals surface area (Å²) in [6.45, 7) is 0. The van der Waals surface area contributed by atoms with Crippen molar-refractivity contribution in [2.24, 2.45) is 0 Å². The maximum absolute atomic E-state index is 11.1. The molecule has 66 valence electrons. The maximum atomic E-state index is 11.1. The highest BCUT2D eigenvalue weighted by Crippen LogP contribution is 2.21. The Hall–Kier alpha value is -1.32. The Kier molecular flexibility index (Phi) is 2.47. The lowest BCUT2D eigenvalue weighted by Crippen LogP contribution is -2.15. The van der Waals surface area contributed by atoms with Gasteiger partial charge in [0.1, 0.15) is 0 Å². The van der Waals surface area contributed by atoms with Gasteiger partial charge in [0.15, 0.2) is 5.78 Å². The van der Waals surface area contributed by atoms with E-state index in [1.165, 1.54) is 0 Å². The van der Waals surface area contributed by atoms with Crippen LogP contribution < -0.4 is 0 Å². The molecule has 1 aliphatic rings. The second kappa shape index (κ2) is 3.38. The van der Waals surface area contributed by atoms with Gasteiger partial charge < -0.3 is 10.2 Å². The summed E-state index contributed by atoms with van der Waals surface area (Å²) in [5, 5.41) is 17.4. The van der Waals surface area contributed by atoms with Crippen LogP contribution in [0, 0.1) is 0 Å². The number of aliphatic carboxylic acids is 1. The predicted molar refractivity (Wildman–Crippen MR) is 40.8 cm³/mol. The Morgan fingerprint density at radius 2 is 1.75 bits per heavy atom. The van der Waals surface area contributed by atoms with E-state index in [2.05, 4.69) is 0 Å². The number of carbonyl (C=O) groups excluding carboxylic acids is 1. The average molecular weight is 170 g/mol. The number of Topliss-reactive ketones (excluding diaryl/α,β-unsaturated/α-hetero) is 1. The SMILES string of the molecule is O=C(O)C(O)=C1CCCCC1=O. The molecule has 0 amide bonds. The van der Waals surface area contributed by atoms with Gasteiger partial charge in [-0.05, 0) is 19.3 Å². The predicted octanol–water partition coefficient (Wildman–Crippen LogP) is 1.03. The van der Waals surface area contributed by atoms with Crippen molar-refractivity contribution in [3.8, 4) is 0 Å². The summed E-state index contributed by atoms with van der Waals surface area (Å²) in [6.07, 6.45) is 2.30. The Balaban J connectivity index is 2.90. The summed E-state index contributed by atoms with van der Waals surface area (Å²) in [5.74, 6) is -2.43. The van der Waals surface area contributed by atoms with Gasteiger partial charge in [0.25, 0.3) is 0 Å². The number of rotatable bonds is 1. The molecule has 1 saturated carbocycles. The molecule has 1 fully saturated rings. The van der Waals surface area contributed by atoms with Crippen LogP contribution in [0.3, 0.4) is 0 Å². The zero-order valence-corrected chi connectivity index (χ0v) is 6.54. The average Bonchev–Trinajstić information content (AvgIpc) is 2.04. The normalized spacial score (nSPS) is 22.2. The van der Waals surface area contributed by atoms with E-state index in [-0.39, 0.29) is 11.4 Å². The highest BCUT2D eigenvalue weighted by molar-refractivity contribution is 6.02. The summed E-state index contributed by atoms with van der Waals surface area (Å²) in [7, 11) is 0. The van der Waals surface area contributed by atoms with E-state index in [0.717, 1.165) is 12.8 Å². The molecule has 0 saturated heterocycles. The third-order valence-electron chi connectivity index (χ3n) is 1.91. The van der Waals surface area contributed by atoms with E-state index >= 15 is 0 Å². The second-order valence-electron chi connectivity index (χ2n) is 2.76. The molecule has 0 unspecified atom stereocenters. The van der Waals surface area contributed by atoms with Crippen molar-refractivity contribution < 1.29 is 19.8 Å². The highest BCUT2D eigenvalue weighted by atomic mass is 16.4. The molecule has 4 heteroatoms. The lowest BCUT2D eigenvalue weighted by atomic mass is 9.92. The third-order valence-corrected chi connectivity index (χ3v) is 1.91. The summed E-state index contributed by atoms with van der Waals surface area (Å²) < 4.78 is 0. The number of aliphatic hydroxyl groups excluding tert-OH is 1. The van der Waals surface area contributed by atoms with Crippen molar-refractivity contribution in [1.29, 1.82) is 0 Å². The van der Waals surface area contributed by atoms with E-state index in [1.54, 1.807) is 0 Å². The minimum absolute atomic E-state index is 0.0775. The lowest BCUT2D eigenvalue weighted by Gasteiger charge is -2.12. The minimum Gasteiger partial charge on any atom is -0.502 e. The molecule has 0 aromatic carbocycles. The van der Waals surface area contributed by atoms with Crippen LogP contribution in [0.15, 0.2) is 11.3 Å². The van der Waals surface area contributed by atoms with E-state index in [9.17, 15) is 9.59 Å². The van der Waals surface area contributed by atoms with Gasteiger partial charge in [0, 0.05) is 12.0 Å². The van der Waals surface area contributed by atoms with Crippen molar-refractivity contribution in [3.05, 3.63) is 11.3 Å². The zero-order chi connectivity index (χ0) is 9.14. The first-order valence-electron chi connectivity index (χ1n) is 3.81. The number of aliphatic hydroxyl groups is 1. The largest absolute Gasteiger partial charge is 0.502 e. The smallest absolute Gasteiger partial charge is 0.371 e. The third kappa shape index (κ3) is 1.64. The van der Waals surface area contributed by atoms with Crippen molar-refractivity contribution in [3.63, 3.8) is 0 Å². The van der Waals surface area contributed by atoms with Gasteiger partial charge in [-0.15, -0.1) is 0 Å². The first-order chi connectivity index (χ1) is 5.63. The van der Waals surface area contributed by atoms with Gasteiger partial charge in [-0.1, -0.05) is 0 Å². The molecule has 0 bridgehead atoms. The first kappa shape index (κ1) is 8.77. The standard InChI is InChI=1S/C8H10O4/c9-6-4-2-1-3-5(6)7(10)8(11)12/h10H,1-4H2,(H,11,12). The topological polar surface area (TPSA) is 74.6 Å². The van der Waals surface area contributed by atoms with E-state index in [4.69, 9.17) is 10.2 Å². The molecule has 0 aromatic heterocycles. The minimum atomic E-state index is -1.42. The number of carbonyl (C=O) groups is 2. The van der Waals surface area contributed by atoms with Crippen molar-refractivity contribution in [2.45, 2.75) is 25.7 Å². The summed E-state index contributed by atoms with van der Waals surface area (Å²) in [6, 6.07) is 0. The molecule has 0 heterocycles. The zero-order valence-electron chi connectivity index (χ0n) is 6.54. The fraction of sp³-hybridized carbons (Fsp3) is 0.500. The fourth-order valence-electron chi connectivity index (χ4n) is 1.26. The Morgan fingerprint density at radius 1 is 1.17 bits per heavy atom. The molecule has 0 aliphatic heterocycles. The van der Waals surface area contributed by atoms with E-state index < -0.39 is 11.7 Å². The summed E-state index contributed by atoms with van der Waals surface area (Å²) >= 11 is 0. The number of allylic oxidation sites excluding steroid dienone is 1. The van der Waals surface area contributed by atoms with Crippen LogP contribution in [-0.4, -0.2) is 22.0 Å². The van der Waals surface area contributed by atoms with Gasteiger partial charge in [-0.25, -0.2) is 4.79 Å². The molecule has 0 spiro atoms. The molecule has 1 aliphatic carbocycles. The number of carboxylic acids is 1. The molecule has 0 radical (unpaired) electrons. The maximum Gasteiger partial charge on any atom is 0.371 e. The van der Waals surface area contributed by atoms with Crippen LogP contribution in [0.4, 0.5) is 0 Å². The Labute approximate surface area is 69.5 Å². The molecule has 12 heavy (non-hydrogen) atoms. The van der Waals surface area contributed by atoms with Crippen molar-refractivity contribution in [2.75, 3.05) is 0 Å². The molecule has 0 atom stereocenters. The molecule has 2 N–H and O–H groups in total. The number of hydrogen-bond acceptors (Lipinski definition) is 3. The van der Waals surface area contributed by atoms with Gasteiger partial charge in [-0.2, -0.15) is 0 Å². The molecule has 0 aromatic rings. The van der Waals surface area contributed by atoms with E-state index in [1.807, 2.05) is 0 Å². The van der Waals surface area contributed by atoms with Crippen molar-refractivity contribution in [1.82, 2.24) is 0 Å². The number of carboxylic acid groups (broad SMARTS) is 1. The summed E-state index contributed by atoms with van der Waals surface area (Å²) in [5.41, 5.74) is 0.0775. The van der Waals surface area contributed by atoms with Crippen LogP contribution in [0.25, 0.3) is 0 Å². The van der Waals surface area contributed by atoms with Crippen LogP contribution in [0.1, 0.15) is 25.7 Å². The Bertz CT molecular complexity index is 252. The van der Waals surface area contributed by atoms with Gasteiger partial charge in [0.2, 0.25) is 5.76 Å². The van der Waals surface area contributed by atoms with Gasteiger partial charge >= 0.3 is 5.97 Å². The highest BCUT2D eigenvalue weighted by Gasteiger charge is 2.22. The summed E-state index contributed by atoms with van der Waals surface area (Å²) in [4.78, 5) is 21.3. The fourth-order valence-corrected chi connectivity index (χ4v) is 1.26. The molecule has 4 nitrogen and oxygen atoms in total. The van der Waals surface area contributed by atoms with Crippen LogP contribution in [-0.2, 0) is 9.59 Å². The quantitative estimate of drug-likeness (QED) is 0.455. The van der Waals surface area contributed by atoms with Gasteiger partial charge in [-0.3, -0.25) is 4.79 Å². The number of hydrogen-bond donors (Lipinski definition) is 2. The monoisotopic (exact) mass is 170 g/mol. The van der Waals surface area contributed by atoms with Gasteiger partial charge in [0.05, 0.1) is 0 Å². The second-order valence-corrected chi connectivity index (χ2v) is 2.76. The number of ketones is 1. The lowest BCUT2D eigenvalue weighted by molar-refractivity contribution is -0.136. The van der Waals surface area contributed by atoms with Crippen LogP contribution >= 0.6 is 0 Å². The van der Waals surface area contributed by atoms with Crippen molar-refractivity contribution >= 4 is 11.8 Å². The first-order valence-corrected chi connectivity index (χ1v) is 3.81. The molecular weight excluding hydrogens is 160 g/mol. The van der Waals surface area contributed by atoms with Crippen LogP contribution in [0.2, 0.25) is 0 Å².